The van der Waals surface area contributed by atoms with Crippen LogP contribution in [0.3, 0.4) is 0 Å². The summed E-state index contributed by atoms with van der Waals surface area (Å²) in [6.45, 7) is 2.34. The number of nitrogens with zero attached hydrogens (tertiary/aromatic N) is 4. The minimum atomic E-state index is -0.151. The van der Waals surface area contributed by atoms with Crippen LogP contribution in [0, 0.1) is 0 Å². The predicted octanol–water partition coefficient (Wildman–Crippen LogP) is 0.0450. The second-order valence-electron chi connectivity index (χ2n) is 4.29. The van der Waals surface area contributed by atoms with Crippen LogP contribution < -0.4 is 5.73 Å². The molecular weight excluding hydrogens is 236 g/mol. The van der Waals surface area contributed by atoms with Gasteiger partial charge >= 0.3 is 0 Å². The topological polar surface area (TPSA) is 106 Å². The van der Waals surface area contributed by atoms with E-state index in [0.717, 1.165) is 13.1 Å². The van der Waals surface area contributed by atoms with E-state index in [1.165, 1.54) is 0 Å². The Morgan fingerprint density at radius 3 is 3.17 bits per heavy atom. The number of hydrogen-bond donors (Lipinski definition) is 2. The molecule has 3 rings (SSSR count). The van der Waals surface area contributed by atoms with Gasteiger partial charge < -0.3 is 19.9 Å². The Balaban J connectivity index is 1.80. The minimum Gasteiger partial charge on any atom is -0.382 e. The van der Waals surface area contributed by atoms with Crippen molar-refractivity contribution in [2.45, 2.75) is 6.10 Å². The lowest BCUT2D eigenvalue weighted by molar-refractivity contribution is -0.0264. The van der Waals surface area contributed by atoms with Crippen molar-refractivity contribution in [3.05, 3.63) is 11.9 Å². The Hall–Kier alpha value is -1.93. The third-order valence-corrected chi connectivity index (χ3v) is 2.83. The summed E-state index contributed by atoms with van der Waals surface area (Å²) in [5, 5.41) is 10.5. The number of nitrogens with one attached hydrogen (secondary N) is 1. The number of hydrogen-bond acceptors (Lipinski definition) is 7. The highest BCUT2D eigenvalue weighted by Crippen LogP contribution is 2.22. The van der Waals surface area contributed by atoms with E-state index in [-0.39, 0.29) is 6.10 Å². The number of morpholine rings is 1. The molecule has 1 saturated heterocycles. The van der Waals surface area contributed by atoms with Gasteiger partial charge in [-0.1, -0.05) is 5.16 Å². The molecule has 0 spiro atoms. The molecule has 0 radical (unpaired) electrons. The van der Waals surface area contributed by atoms with E-state index < -0.39 is 0 Å². The van der Waals surface area contributed by atoms with Crippen molar-refractivity contribution >= 4 is 5.82 Å². The van der Waals surface area contributed by atoms with Gasteiger partial charge in [-0.05, 0) is 7.05 Å². The maximum atomic E-state index is 5.61. The van der Waals surface area contributed by atoms with Gasteiger partial charge in [0.2, 0.25) is 5.82 Å². The Kier molecular flexibility index (Phi) is 2.73. The Morgan fingerprint density at radius 1 is 1.56 bits per heavy atom. The van der Waals surface area contributed by atoms with Gasteiger partial charge in [-0.3, -0.25) is 5.10 Å². The molecule has 3 heterocycles. The first kappa shape index (κ1) is 11.2. The standard InChI is InChI=1S/C10H14N6O2/c1-16-2-3-17-7(5-16)9-12-10(18-15-9)6-4-8(11)14-13-6/h4,7H,2-3,5H2,1H3,(H3,11,13,14). The molecule has 96 valence electrons. The summed E-state index contributed by atoms with van der Waals surface area (Å²) in [5.41, 5.74) is 6.13. The number of rotatable bonds is 2. The van der Waals surface area contributed by atoms with Crippen LogP contribution >= 0.6 is 0 Å². The van der Waals surface area contributed by atoms with Crippen molar-refractivity contribution in [2.24, 2.45) is 0 Å². The van der Waals surface area contributed by atoms with Crippen LogP contribution in [0.2, 0.25) is 0 Å². The Morgan fingerprint density at radius 2 is 2.44 bits per heavy atom. The fourth-order valence-corrected chi connectivity index (χ4v) is 1.86. The fraction of sp³-hybridized carbons (Fsp3) is 0.500. The number of nitrogens with two attached hydrogens (primary N) is 1. The summed E-state index contributed by atoms with van der Waals surface area (Å²) in [6.07, 6.45) is -0.151. The summed E-state index contributed by atoms with van der Waals surface area (Å²) in [4.78, 5) is 6.46. The second-order valence-corrected chi connectivity index (χ2v) is 4.29. The number of likely N-dealkylation sites (N-methyl/N-ethyl adjacent to an activating group) is 1. The van der Waals surface area contributed by atoms with E-state index in [1.807, 2.05) is 7.05 Å². The van der Waals surface area contributed by atoms with Crippen molar-refractivity contribution in [3.63, 3.8) is 0 Å². The highest BCUT2D eigenvalue weighted by Gasteiger charge is 2.25. The van der Waals surface area contributed by atoms with E-state index in [2.05, 4.69) is 25.2 Å². The fourth-order valence-electron chi connectivity index (χ4n) is 1.86. The van der Waals surface area contributed by atoms with Crippen LogP contribution in [0.15, 0.2) is 10.6 Å². The largest absolute Gasteiger partial charge is 0.382 e. The zero-order valence-electron chi connectivity index (χ0n) is 9.96. The number of nitrogen functional groups attached to an aromatic ring is 1. The molecule has 8 heteroatoms. The van der Waals surface area contributed by atoms with Crippen molar-refractivity contribution in [2.75, 3.05) is 32.5 Å². The van der Waals surface area contributed by atoms with E-state index in [0.29, 0.717) is 29.8 Å². The minimum absolute atomic E-state index is 0.151. The molecule has 1 unspecified atom stereocenters. The summed E-state index contributed by atoms with van der Waals surface area (Å²) in [6, 6.07) is 1.64. The van der Waals surface area contributed by atoms with Crippen LogP contribution in [-0.2, 0) is 4.74 Å². The zero-order valence-corrected chi connectivity index (χ0v) is 9.96. The highest BCUT2D eigenvalue weighted by atomic mass is 16.5. The van der Waals surface area contributed by atoms with Crippen LogP contribution in [0.1, 0.15) is 11.9 Å². The number of ether oxygens (including phenoxy) is 1. The third kappa shape index (κ3) is 2.07. The number of aromatic nitrogens is 4. The van der Waals surface area contributed by atoms with E-state index in [9.17, 15) is 0 Å². The molecule has 2 aromatic rings. The van der Waals surface area contributed by atoms with Gasteiger partial charge in [0.25, 0.3) is 5.89 Å². The van der Waals surface area contributed by atoms with Gasteiger partial charge in [0.15, 0.2) is 0 Å². The van der Waals surface area contributed by atoms with Crippen molar-refractivity contribution in [1.82, 2.24) is 25.2 Å². The average Bonchev–Trinajstić information content (AvgIpc) is 2.97. The van der Waals surface area contributed by atoms with Crippen molar-refractivity contribution < 1.29 is 9.26 Å². The van der Waals surface area contributed by atoms with Crippen LogP contribution in [0.25, 0.3) is 11.6 Å². The lowest BCUT2D eigenvalue weighted by Gasteiger charge is -2.27. The van der Waals surface area contributed by atoms with E-state index in [4.69, 9.17) is 15.0 Å². The summed E-state index contributed by atoms with van der Waals surface area (Å²) in [7, 11) is 2.03. The van der Waals surface area contributed by atoms with Gasteiger partial charge in [-0.15, -0.1) is 0 Å². The smallest absolute Gasteiger partial charge is 0.276 e. The molecule has 8 nitrogen and oxygen atoms in total. The normalized spacial score (nSPS) is 21.3. The van der Waals surface area contributed by atoms with Gasteiger partial charge in [0.05, 0.1) is 6.61 Å². The lowest BCUT2D eigenvalue weighted by Crippen LogP contribution is -2.35. The molecule has 2 aromatic heterocycles. The van der Waals surface area contributed by atoms with Gasteiger partial charge in [0.1, 0.15) is 17.6 Å². The van der Waals surface area contributed by atoms with Gasteiger partial charge in [-0.2, -0.15) is 10.1 Å². The first-order valence-electron chi connectivity index (χ1n) is 5.67. The second kappa shape index (κ2) is 4.39. The van der Waals surface area contributed by atoms with Crippen LogP contribution in [-0.4, -0.2) is 52.0 Å². The van der Waals surface area contributed by atoms with E-state index >= 15 is 0 Å². The lowest BCUT2D eigenvalue weighted by atomic mass is 10.3. The molecule has 1 aliphatic heterocycles. The SMILES string of the molecule is CN1CCOC(c2noc(-c3cc(N)n[nH]3)n2)C1. The molecule has 0 saturated carbocycles. The number of aromatic amines is 1. The average molecular weight is 250 g/mol. The van der Waals surface area contributed by atoms with Gasteiger partial charge in [0, 0.05) is 19.2 Å². The number of anilines is 1. The molecule has 1 fully saturated rings. The molecule has 1 atom stereocenters. The molecule has 0 amide bonds. The first-order chi connectivity index (χ1) is 8.72. The summed E-state index contributed by atoms with van der Waals surface area (Å²) < 4.78 is 10.8. The molecule has 0 aliphatic carbocycles. The summed E-state index contributed by atoms with van der Waals surface area (Å²) in [5.74, 6) is 1.30. The third-order valence-electron chi connectivity index (χ3n) is 2.83. The zero-order chi connectivity index (χ0) is 12.5. The Bertz CT molecular complexity index is 536. The van der Waals surface area contributed by atoms with Crippen LogP contribution in [0.5, 0.6) is 0 Å². The first-order valence-corrected chi connectivity index (χ1v) is 5.67. The highest BCUT2D eigenvalue weighted by molar-refractivity contribution is 5.51. The maximum Gasteiger partial charge on any atom is 0.276 e. The van der Waals surface area contributed by atoms with Crippen molar-refractivity contribution in [1.29, 1.82) is 0 Å². The van der Waals surface area contributed by atoms with Gasteiger partial charge in [-0.25, -0.2) is 0 Å². The van der Waals surface area contributed by atoms with E-state index in [1.54, 1.807) is 6.07 Å². The molecule has 3 N–H and O–H groups in total. The molecule has 0 bridgehead atoms. The molecule has 0 aromatic carbocycles. The quantitative estimate of drug-likeness (QED) is 0.775. The predicted molar refractivity (Wildman–Crippen MR) is 62.5 cm³/mol. The molecule has 1 aliphatic rings. The Labute approximate surface area is 103 Å². The van der Waals surface area contributed by atoms with Crippen molar-refractivity contribution in [3.8, 4) is 11.6 Å². The van der Waals surface area contributed by atoms with Crippen LogP contribution in [0.4, 0.5) is 5.82 Å². The summed E-state index contributed by atoms with van der Waals surface area (Å²) >= 11 is 0. The number of H-pyrrole nitrogens is 1. The molecular formula is C10H14N6O2. The maximum absolute atomic E-state index is 5.61. The molecule has 18 heavy (non-hydrogen) atoms. The monoisotopic (exact) mass is 250 g/mol.